The standard InChI is InChI=1S/C16H18S/c1-11-5-7-14(9-13(11)3)16-10-15(17-4)8-6-12(16)2/h5-10H,1-4H3. The van der Waals surface area contributed by atoms with Crippen LogP contribution in [0.1, 0.15) is 16.7 Å². The maximum absolute atomic E-state index is 2.28. The monoisotopic (exact) mass is 242 g/mol. The van der Waals surface area contributed by atoms with Gasteiger partial charge in [0.25, 0.3) is 0 Å². The van der Waals surface area contributed by atoms with Gasteiger partial charge in [0, 0.05) is 4.90 Å². The lowest BCUT2D eigenvalue weighted by Crippen LogP contribution is -1.87. The van der Waals surface area contributed by atoms with Gasteiger partial charge in [-0.05, 0) is 67.0 Å². The van der Waals surface area contributed by atoms with Crippen molar-refractivity contribution < 1.29 is 0 Å². The molecule has 0 aliphatic rings. The molecule has 0 unspecified atom stereocenters. The Kier molecular flexibility index (Phi) is 3.58. The summed E-state index contributed by atoms with van der Waals surface area (Å²) in [6.45, 7) is 6.51. The molecule has 0 aromatic heterocycles. The van der Waals surface area contributed by atoms with E-state index in [-0.39, 0.29) is 0 Å². The van der Waals surface area contributed by atoms with Gasteiger partial charge in [-0.15, -0.1) is 11.8 Å². The molecular formula is C16H18S. The fraction of sp³-hybridized carbons (Fsp3) is 0.250. The summed E-state index contributed by atoms with van der Waals surface area (Å²) in [6.07, 6.45) is 2.12. The lowest BCUT2D eigenvalue weighted by Gasteiger charge is -2.10. The highest BCUT2D eigenvalue weighted by Gasteiger charge is 2.04. The summed E-state index contributed by atoms with van der Waals surface area (Å²) in [4.78, 5) is 1.32. The number of hydrogen-bond acceptors (Lipinski definition) is 1. The summed E-state index contributed by atoms with van der Waals surface area (Å²) >= 11 is 1.79. The highest BCUT2D eigenvalue weighted by molar-refractivity contribution is 7.98. The number of benzene rings is 2. The van der Waals surface area contributed by atoms with Crippen molar-refractivity contribution in [2.24, 2.45) is 0 Å². The summed E-state index contributed by atoms with van der Waals surface area (Å²) in [6, 6.07) is 13.4. The Morgan fingerprint density at radius 1 is 0.765 bits per heavy atom. The van der Waals surface area contributed by atoms with Crippen molar-refractivity contribution in [3.63, 3.8) is 0 Å². The Hall–Kier alpha value is -1.21. The van der Waals surface area contributed by atoms with Gasteiger partial charge in [0.15, 0.2) is 0 Å². The zero-order valence-electron chi connectivity index (χ0n) is 10.9. The zero-order chi connectivity index (χ0) is 12.4. The fourth-order valence-corrected chi connectivity index (χ4v) is 2.39. The first-order chi connectivity index (χ1) is 8.11. The van der Waals surface area contributed by atoms with Crippen molar-refractivity contribution >= 4 is 11.8 Å². The quantitative estimate of drug-likeness (QED) is 0.668. The van der Waals surface area contributed by atoms with Gasteiger partial charge in [-0.3, -0.25) is 0 Å². The summed E-state index contributed by atoms with van der Waals surface area (Å²) in [5, 5.41) is 0. The smallest absolute Gasteiger partial charge is 0.00754 e. The minimum atomic E-state index is 1.32. The molecule has 0 saturated carbocycles. The third-order valence-electron chi connectivity index (χ3n) is 3.26. The van der Waals surface area contributed by atoms with Gasteiger partial charge in [0.2, 0.25) is 0 Å². The molecule has 0 amide bonds. The molecule has 0 N–H and O–H groups in total. The van der Waals surface area contributed by atoms with E-state index in [1.54, 1.807) is 11.8 Å². The first kappa shape index (κ1) is 12.3. The fourth-order valence-electron chi connectivity index (χ4n) is 1.95. The highest BCUT2D eigenvalue weighted by atomic mass is 32.2. The van der Waals surface area contributed by atoms with Gasteiger partial charge in [0.05, 0.1) is 0 Å². The Morgan fingerprint density at radius 3 is 2.12 bits per heavy atom. The van der Waals surface area contributed by atoms with Crippen LogP contribution in [0.2, 0.25) is 0 Å². The largest absolute Gasteiger partial charge is 0.130 e. The molecule has 2 rings (SSSR count). The van der Waals surface area contributed by atoms with E-state index in [1.807, 2.05) is 0 Å². The second-order valence-corrected chi connectivity index (χ2v) is 5.36. The second kappa shape index (κ2) is 4.97. The maximum atomic E-state index is 2.28. The SMILES string of the molecule is CSc1ccc(C)c(-c2ccc(C)c(C)c2)c1. The molecule has 17 heavy (non-hydrogen) atoms. The van der Waals surface area contributed by atoms with E-state index in [0.717, 1.165) is 0 Å². The van der Waals surface area contributed by atoms with Crippen LogP contribution in [0.3, 0.4) is 0 Å². The minimum absolute atomic E-state index is 1.32. The maximum Gasteiger partial charge on any atom is 0.00754 e. The highest BCUT2D eigenvalue weighted by Crippen LogP contribution is 2.29. The molecule has 0 fully saturated rings. The van der Waals surface area contributed by atoms with E-state index >= 15 is 0 Å². The van der Waals surface area contributed by atoms with Crippen molar-refractivity contribution in [2.45, 2.75) is 25.7 Å². The average Bonchev–Trinajstić information content (AvgIpc) is 2.33. The summed E-state index contributed by atoms with van der Waals surface area (Å²) in [5.41, 5.74) is 6.72. The van der Waals surface area contributed by atoms with Crippen molar-refractivity contribution in [3.05, 3.63) is 53.1 Å². The molecule has 2 aromatic rings. The normalized spacial score (nSPS) is 10.6. The van der Waals surface area contributed by atoms with E-state index in [4.69, 9.17) is 0 Å². The van der Waals surface area contributed by atoms with Gasteiger partial charge in [-0.1, -0.05) is 24.3 Å². The van der Waals surface area contributed by atoms with Crippen LogP contribution < -0.4 is 0 Å². The predicted octanol–water partition coefficient (Wildman–Crippen LogP) is 5.00. The van der Waals surface area contributed by atoms with Gasteiger partial charge < -0.3 is 0 Å². The molecule has 0 aliphatic heterocycles. The van der Waals surface area contributed by atoms with E-state index in [1.165, 1.54) is 32.7 Å². The summed E-state index contributed by atoms with van der Waals surface area (Å²) in [7, 11) is 0. The molecule has 1 heteroatoms. The van der Waals surface area contributed by atoms with Crippen molar-refractivity contribution in [1.82, 2.24) is 0 Å². The number of rotatable bonds is 2. The van der Waals surface area contributed by atoms with Crippen LogP contribution in [0, 0.1) is 20.8 Å². The Bertz CT molecular complexity index is 541. The van der Waals surface area contributed by atoms with Crippen LogP contribution in [-0.4, -0.2) is 6.26 Å². The van der Waals surface area contributed by atoms with Gasteiger partial charge in [0.1, 0.15) is 0 Å². The third-order valence-corrected chi connectivity index (χ3v) is 3.99. The molecule has 0 spiro atoms. The Morgan fingerprint density at radius 2 is 1.47 bits per heavy atom. The van der Waals surface area contributed by atoms with Crippen molar-refractivity contribution in [2.75, 3.05) is 6.26 Å². The second-order valence-electron chi connectivity index (χ2n) is 4.48. The van der Waals surface area contributed by atoms with Crippen LogP contribution in [0.5, 0.6) is 0 Å². The molecule has 88 valence electrons. The number of thioether (sulfide) groups is 1. The molecule has 0 aliphatic carbocycles. The molecule has 0 radical (unpaired) electrons. The van der Waals surface area contributed by atoms with E-state index < -0.39 is 0 Å². The topological polar surface area (TPSA) is 0 Å². The predicted molar refractivity (Wildman–Crippen MR) is 77.9 cm³/mol. The first-order valence-corrected chi connectivity index (χ1v) is 7.06. The van der Waals surface area contributed by atoms with Gasteiger partial charge in [-0.25, -0.2) is 0 Å². The number of aryl methyl sites for hydroxylation is 3. The molecule has 0 saturated heterocycles. The zero-order valence-corrected chi connectivity index (χ0v) is 11.7. The van der Waals surface area contributed by atoms with Crippen molar-refractivity contribution in [1.29, 1.82) is 0 Å². The van der Waals surface area contributed by atoms with E-state index in [9.17, 15) is 0 Å². The van der Waals surface area contributed by atoms with Crippen LogP contribution in [0.25, 0.3) is 11.1 Å². The van der Waals surface area contributed by atoms with Crippen molar-refractivity contribution in [3.8, 4) is 11.1 Å². The Balaban J connectivity index is 2.55. The van der Waals surface area contributed by atoms with Gasteiger partial charge >= 0.3 is 0 Å². The summed E-state index contributed by atoms with van der Waals surface area (Å²) in [5.74, 6) is 0. The van der Waals surface area contributed by atoms with Crippen LogP contribution in [0.15, 0.2) is 41.3 Å². The first-order valence-electron chi connectivity index (χ1n) is 5.84. The molecule has 2 aromatic carbocycles. The van der Waals surface area contributed by atoms with E-state index in [0.29, 0.717) is 0 Å². The van der Waals surface area contributed by atoms with Crippen LogP contribution in [0.4, 0.5) is 0 Å². The molecular weight excluding hydrogens is 224 g/mol. The van der Waals surface area contributed by atoms with Crippen LogP contribution in [-0.2, 0) is 0 Å². The lowest BCUT2D eigenvalue weighted by molar-refractivity contribution is 1.32. The molecule has 0 nitrogen and oxygen atoms in total. The molecule has 0 bridgehead atoms. The van der Waals surface area contributed by atoms with Crippen LogP contribution >= 0.6 is 11.8 Å². The molecule has 0 atom stereocenters. The Labute approximate surface area is 108 Å². The molecule has 0 heterocycles. The van der Waals surface area contributed by atoms with E-state index in [2.05, 4.69) is 63.4 Å². The summed E-state index contributed by atoms with van der Waals surface area (Å²) < 4.78 is 0. The average molecular weight is 242 g/mol. The lowest BCUT2D eigenvalue weighted by atomic mass is 9.97. The van der Waals surface area contributed by atoms with Gasteiger partial charge in [-0.2, -0.15) is 0 Å². The third kappa shape index (κ3) is 2.55. The minimum Gasteiger partial charge on any atom is -0.130 e. The number of hydrogen-bond donors (Lipinski definition) is 0.